The Balaban J connectivity index is 5.90. The molecule has 0 fully saturated rings. The molecule has 0 N–H and O–H groups in total. The Morgan fingerprint density at radius 1 is 0.593 bits per heavy atom. The molecule has 0 radical (unpaired) electrons. The Hall–Kier alpha value is 1.35. The van der Waals surface area contributed by atoms with Gasteiger partial charge in [0.2, 0.25) is 0 Å². The molecule has 4 nitrogen and oxygen atoms in total. The van der Waals surface area contributed by atoms with Crippen molar-refractivity contribution in [3.05, 3.63) is 0 Å². The maximum absolute atomic E-state index is 7.20. The van der Waals surface area contributed by atoms with Crippen LogP contribution in [0.25, 0.3) is 0 Å². The fourth-order valence-electron chi connectivity index (χ4n) is 3.31. The molecule has 6 heteroatoms. The first-order chi connectivity index (χ1) is 12.6. The zero-order valence-electron chi connectivity index (χ0n) is 19.7. The van der Waals surface area contributed by atoms with Crippen molar-refractivity contribution in [2.24, 2.45) is 0 Å². The molecular weight excluding hydrogens is 483 g/mol. The summed E-state index contributed by atoms with van der Waals surface area (Å²) >= 11 is -6.72. The molecule has 0 atom stereocenters. The van der Waals surface area contributed by atoms with E-state index in [1.54, 1.807) is 0 Å². The van der Waals surface area contributed by atoms with Gasteiger partial charge in [-0.25, -0.2) is 0 Å². The second-order valence-corrected chi connectivity index (χ2v) is 25.0. The predicted molar refractivity (Wildman–Crippen MR) is 115 cm³/mol. The van der Waals surface area contributed by atoms with E-state index < -0.39 is 36.9 Å². The van der Waals surface area contributed by atoms with Crippen LogP contribution in [0.3, 0.4) is 0 Å². The van der Waals surface area contributed by atoms with Crippen LogP contribution in [0, 0.1) is 0 Å². The van der Waals surface area contributed by atoms with E-state index >= 15 is 0 Å². The van der Waals surface area contributed by atoms with E-state index in [0.29, 0.717) is 0 Å². The van der Waals surface area contributed by atoms with Crippen LogP contribution in [0.2, 0.25) is 13.3 Å². The number of rotatable bonds is 17. The Bertz CT molecular complexity index is 316. The van der Waals surface area contributed by atoms with E-state index in [0.717, 1.165) is 0 Å². The van der Waals surface area contributed by atoms with Crippen LogP contribution in [-0.4, -0.2) is 37.1 Å². The first-order valence-corrected chi connectivity index (χ1v) is 21.1. The molecule has 0 aromatic rings. The van der Waals surface area contributed by atoms with Gasteiger partial charge in [-0.15, -0.1) is 0 Å². The quantitative estimate of drug-likeness (QED) is 0.183. The van der Waals surface area contributed by atoms with Crippen LogP contribution in [-0.2, 0) is 29.8 Å². The molecule has 0 saturated heterocycles. The van der Waals surface area contributed by atoms with E-state index in [4.69, 9.17) is 11.6 Å². The third kappa shape index (κ3) is 12.6. The average molecular weight is 531 g/mol. The minimum absolute atomic E-state index is 0.0509. The fourth-order valence-corrected chi connectivity index (χ4v) is 30.0. The summed E-state index contributed by atoms with van der Waals surface area (Å²) in [6, 6.07) is 0. The summed E-state index contributed by atoms with van der Waals surface area (Å²) in [5.74, 6) is 0. The topological polar surface area (TPSA) is 36.9 Å². The van der Waals surface area contributed by atoms with E-state index in [1.165, 1.54) is 51.8 Å². The van der Waals surface area contributed by atoms with Crippen LogP contribution in [0.15, 0.2) is 0 Å². The first kappa shape index (κ1) is 28.4. The summed E-state index contributed by atoms with van der Waals surface area (Å²) < 4.78 is 30.3. The van der Waals surface area contributed by atoms with Crippen LogP contribution in [0.1, 0.15) is 101 Å². The Kier molecular flexibility index (Phi) is 16.0. The molecule has 0 unspecified atom stereocenters. The predicted octanol–water partition coefficient (Wildman–Crippen LogP) is 7.44. The van der Waals surface area contributed by atoms with E-state index in [1.807, 2.05) is 0 Å². The summed E-state index contributed by atoms with van der Waals surface area (Å²) in [4.78, 5) is 0. The van der Waals surface area contributed by atoms with E-state index in [2.05, 4.69) is 62.3 Å². The molecular formula is C21H48O4SnTi. The minimum atomic E-state index is -3.81. The van der Waals surface area contributed by atoms with Crippen molar-refractivity contribution in [3.8, 4) is 0 Å². The van der Waals surface area contributed by atoms with Gasteiger partial charge in [0.05, 0.1) is 0 Å². The van der Waals surface area contributed by atoms with Gasteiger partial charge >= 0.3 is 181 Å². The van der Waals surface area contributed by atoms with Crippen molar-refractivity contribution in [2.45, 2.75) is 132 Å². The van der Waals surface area contributed by atoms with Gasteiger partial charge in [-0.05, 0) is 0 Å². The van der Waals surface area contributed by atoms with Crippen molar-refractivity contribution in [3.63, 3.8) is 0 Å². The summed E-state index contributed by atoms with van der Waals surface area (Å²) in [7, 11) is 0. The number of hydrogen-bond donors (Lipinski definition) is 0. The first-order valence-electron chi connectivity index (χ1n) is 11.4. The zero-order valence-corrected chi connectivity index (χ0v) is 24.1. The van der Waals surface area contributed by atoms with Gasteiger partial charge in [-0.2, -0.15) is 0 Å². The van der Waals surface area contributed by atoms with Crippen LogP contribution in [0.4, 0.5) is 0 Å². The zero-order chi connectivity index (χ0) is 20.9. The summed E-state index contributed by atoms with van der Waals surface area (Å²) in [5, 5.41) is 0. The van der Waals surface area contributed by atoms with Crippen molar-refractivity contribution >= 4 is 18.8 Å². The molecule has 0 saturated carbocycles. The van der Waals surface area contributed by atoms with E-state index in [9.17, 15) is 0 Å². The van der Waals surface area contributed by atoms with Crippen molar-refractivity contribution in [2.75, 3.05) is 0 Å². The molecule has 0 aromatic heterocycles. The fraction of sp³-hybridized carbons (Fsp3) is 1.00. The molecule has 0 aliphatic carbocycles. The van der Waals surface area contributed by atoms with Crippen LogP contribution < -0.4 is 0 Å². The third-order valence-electron chi connectivity index (χ3n) is 4.44. The van der Waals surface area contributed by atoms with Crippen molar-refractivity contribution in [1.29, 1.82) is 0 Å². The molecule has 0 aliphatic rings. The van der Waals surface area contributed by atoms with Gasteiger partial charge in [0.25, 0.3) is 0 Å². The van der Waals surface area contributed by atoms with Crippen LogP contribution >= 0.6 is 0 Å². The molecule has 0 bridgehead atoms. The van der Waals surface area contributed by atoms with Crippen molar-refractivity contribution in [1.82, 2.24) is 0 Å². The molecule has 0 rings (SSSR count). The molecule has 164 valence electrons. The SMILES string of the molecule is CCC[CH2][Sn]([CH2]CCC)([CH2]CCC)[O][Ti]([O]C(C)C)([O]C(C)C)[O]C(C)C. The van der Waals surface area contributed by atoms with Gasteiger partial charge < -0.3 is 0 Å². The van der Waals surface area contributed by atoms with Gasteiger partial charge in [0, 0.05) is 0 Å². The second kappa shape index (κ2) is 15.2. The van der Waals surface area contributed by atoms with Gasteiger partial charge in [0.1, 0.15) is 0 Å². The molecule has 0 amide bonds. The summed E-state index contributed by atoms with van der Waals surface area (Å²) in [5.41, 5.74) is 0. The molecule has 0 aromatic carbocycles. The van der Waals surface area contributed by atoms with Gasteiger partial charge in [-0.3, -0.25) is 0 Å². The standard InChI is InChI=1S/3C4H9.3C3H7O.O.Sn.Ti/c3*1-3-4-2;3*1-3(2)4;;;/h3*1,3-4H2,2H3;3*3H,1-2H3;;;/q;;;3*-1;;;+3. The number of unbranched alkanes of at least 4 members (excludes halogenated alkanes) is 3. The van der Waals surface area contributed by atoms with Crippen LogP contribution in [0.5, 0.6) is 0 Å². The Labute approximate surface area is 180 Å². The molecule has 0 spiro atoms. The normalized spacial score (nSPS) is 13.3. The Morgan fingerprint density at radius 2 is 0.889 bits per heavy atom. The van der Waals surface area contributed by atoms with Gasteiger partial charge in [-0.1, -0.05) is 0 Å². The molecule has 27 heavy (non-hydrogen) atoms. The average Bonchev–Trinajstić information content (AvgIpc) is 2.54. The summed E-state index contributed by atoms with van der Waals surface area (Å²) in [6.07, 6.45) is 7.59. The maximum atomic E-state index is 7.20. The molecule has 0 aliphatic heterocycles. The second-order valence-electron chi connectivity index (χ2n) is 8.60. The number of hydrogen-bond acceptors (Lipinski definition) is 4. The van der Waals surface area contributed by atoms with Gasteiger partial charge in [0.15, 0.2) is 0 Å². The third-order valence-corrected chi connectivity index (χ3v) is 27.9. The molecule has 0 heterocycles. The van der Waals surface area contributed by atoms with Crippen molar-refractivity contribution < 1.29 is 29.8 Å². The monoisotopic (exact) mass is 532 g/mol. The van der Waals surface area contributed by atoms with E-state index in [-0.39, 0.29) is 18.3 Å². The Morgan fingerprint density at radius 3 is 1.11 bits per heavy atom. The summed E-state index contributed by atoms with van der Waals surface area (Å²) in [6.45, 7) is 19.3.